The molecule has 0 saturated carbocycles. The molecule has 2 aliphatic rings. The van der Waals surface area contributed by atoms with Gasteiger partial charge in [-0.05, 0) is 19.1 Å². The third-order valence-corrected chi connectivity index (χ3v) is 5.85. The van der Waals surface area contributed by atoms with Crippen LogP contribution in [-0.2, 0) is 23.9 Å². The van der Waals surface area contributed by atoms with E-state index in [1.54, 1.807) is 17.9 Å². The van der Waals surface area contributed by atoms with E-state index < -0.39 is 17.3 Å². The lowest BCUT2D eigenvalue weighted by Crippen LogP contribution is -2.51. The number of hydrogen-bond donors (Lipinski definition) is 1. The van der Waals surface area contributed by atoms with Crippen LogP contribution in [0.3, 0.4) is 0 Å². The molecule has 3 rings (SSSR count). The molecule has 1 aromatic rings. The van der Waals surface area contributed by atoms with E-state index in [9.17, 15) is 19.2 Å². The number of thioether (sulfide) groups is 1. The van der Waals surface area contributed by atoms with Gasteiger partial charge in [0, 0.05) is 31.1 Å². The van der Waals surface area contributed by atoms with Crippen molar-refractivity contribution in [2.45, 2.75) is 23.5 Å². The number of amides is 3. The fourth-order valence-corrected chi connectivity index (χ4v) is 4.12. The molecule has 2 heterocycles. The average molecular weight is 421 g/mol. The first-order valence-electron chi connectivity index (χ1n) is 9.39. The van der Waals surface area contributed by atoms with Crippen molar-refractivity contribution in [3.05, 3.63) is 24.3 Å². The van der Waals surface area contributed by atoms with E-state index in [0.29, 0.717) is 32.8 Å². The summed E-state index contributed by atoms with van der Waals surface area (Å²) in [5.74, 6) is -1.18. The highest BCUT2D eigenvalue weighted by molar-refractivity contribution is 8.01. The van der Waals surface area contributed by atoms with Gasteiger partial charge in [0.25, 0.3) is 5.91 Å². The van der Waals surface area contributed by atoms with E-state index >= 15 is 0 Å². The molecule has 1 fully saturated rings. The van der Waals surface area contributed by atoms with Gasteiger partial charge in [-0.15, -0.1) is 11.8 Å². The van der Waals surface area contributed by atoms with E-state index in [0.717, 1.165) is 10.6 Å². The molecule has 3 amide bonds. The van der Waals surface area contributed by atoms with Crippen molar-refractivity contribution in [1.82, 2.24) is 9.80 Å². The van der Waals surface area contributed by atoms with Crippen LogP contribution in [-0.4, -0.2) is 78.3 Å². The number of esters is 1. The molecule has 0 spiro atoms. The molecule has 1 aromatic carbocycles. The number of benzene rings is 1. The number of nitrogens with one attached hydrogen (secondary N) is 1. The molecule has 10 heteroatoms. The minimum absolute atomic E-state index is 0.116. The first kappa shape index (κ1) is 21.0. The molecule has 156 valence electrons. The van der Waals surface area contributed by atoms with Gasteiger partial charge in [-0.2, -0.15) is 0 Å². The van der Waals surface area contributed by atoms with E-state index in [-0.39, 0.29) is 24.8 Å². The normalized spacial score (nSPS) is 18.5. The summed E-state index contributed by atoms with van der Waals surface area (Å²) >= 11 is 1.31. The third kappa shape index (κ3) is 5.41. The highest BCUT2D eigenvalue weighted by atomic mass is 32.2. The van der Waals surface area contributed by atoms with Gasteiger partial charge < -0.3 is 24.6 Å². The number of hydrogen-bond acceptors (Lipinski definition) is 7. The van der Waals surface area contributed by atoms with Gasteiger partial charge in [-0.25, -0.2) is 4.79 Å². The van der Waals surface area contributed by atoms with Crippen LogP contribution < -0.4 is 5.32 Å². The lowest BCUT2D eigenvalue weighted by atomic mass is 10.2. The lowest BCUT2D eigenvalue weighted by Gasteiger charge is -2.33. The Morgan fingerprint density at radius 1 is 1.10 bits per heavy atom. The van der Waals surface area contributed by atoms with Gasteiger partial charge in [-0.3, -0.25) is 14.4 Å². The molecule has 29 heavy (non-hydrogen) atoms. The van der Waals surface area contributed by atoms with Crippen molar-refractivity contribution in [2.75, 3.05) is 44.7 Å². The third-order valence-electron chi connectivity index (χ3n) is 4.57. The highest BCUT2D eigenvalue weighted by Crippen LogP contribution is 2.36. The average Bonchev–Trinajstić information content (AvgIpc) is 2.73. The summed E-state index contributed by atoms with van der Waals surface area (Å²) in [6.45, 7) is 3.11. The van der Waals surface area contributed by atoms with Gasteiger partial charge >= 0.3 is 12.1 Å². The number of para-hydroxylation sites is 1. The van der Waals surface area contributed by atoms with E-state index in [2.05, 4.69) is 5.32 Å². The molecule has 1 atom stereocenters. The minimum Gasteiger partial charge on any atom is -0.456 e. The highest BCUT2D eigenvalue weighted by Gasteiger charge is 2.30. The van der Waals surface area contributed by atoms with E-state index in [4.69, 9.17) is 9.47 Å². The molecule has 9 nitrogen and oxygen atoms in total. The van der Waals surface area contributed by atoms with Crippen LogP contribution >= 0.6 is 11.8 Å². The number of fused-ring (bicyclic) bond motifs is 1. The van der Waals surface area contributed by atoms with Gasteiger partial charge in [0.05, 0.1) is 24.0 Å². The standard InChI is InChI=1S/C19H23N3O6S/c1-2-27-19(26)22-9-7-21(8-10-22)16(23)12-28-17(24)11-15-18(25)20-13-5-3-4-6-14(13)29-15/h3-6,15H,2,7-12H2,1H3,(H,20,25)/t15-/m0/s1. The summed E-state index contributed by atoms with van der Waals surface area (Å²) in [5.41, 5.74) is 0.726. The van der Waals surface area contributed by atoms with Crippen LogP contribution in [0.2, 0.25) is 0 Å². The van der Waals surface area contributed by atoms with Crippen LogP contribution in [0, 0.1) is 0 Å². The predicted octanol–water partition coefficient (Wildman–Crippen LogP) is 1.33. The second-order valence-electron chi connectivity index (χ2n) is 6.52. The molecule has 0 aliphatic carbocycles. The largest absolute Gasteiger partial charge is 0.456 e. The Bertz CT molecular complexity index is 794. The summed E-state index contributed by atoms with van der Waals surface area (Å²) in [7, 11) is 0. The zero-order chi connectivity index (χ0) is 20.8. The Morgan fingerprint density at radius 3 is 2.52 bits per heavy atom. The van der Waals surface area contributed by atoms with Crippen molar-refractivity contribution in [1.29, 1.82) is 0 Å². The van der Waals surface area contributed by atoms with Crippen molar-refractivity contribution < 1.29 is 28.7 Å². The van der Waals surface area contributed by atoms with Crippen LogP contribution in [0.25, 0.3) is 0 Å². The lowest BCUT2D eigenvalue weighted by molar-refractivity contribution is -0.152. The van der Waals surface area contributed by atoms with E-state index in [1.807, 2.05) is 18.2 Å². The minimum atomic E-state index is -0.601. The predicted molar refractivity (Wildman–Crippen MR) is 105 cm³/mol. The Balaban J connectivity index is 1.41. The monoisotopic (exact) mass is 421 g/mol. The summed E-state index contributed by atoms with van der Waals surface area (Å²) in [6.07, 6.45) is -0.509. The van der Waals surface area contributed by atoms with Crippen molar-refractivity contribution >= 4 is 41.3 Å². The zero-order valence-corrected chi connectivity index (χ0v) is 16.9. The first-order valence-corrected chi connectivity index (χ1v) is 10.3. The SMILES string of the molecule is CCOC(=O)N1CCN(C(=O)COC(=O)C[C@@H]2Sc3ccccc3NC2=O)CC1. The fraction of sp³-hybridized carbons (Fsp3) is 0.474. The number of ether oxygens (including phenoxy) is 2. The number of nitrogens with zero attached hydrogens (tertiary/aromatic N) is 2. The number of carbonyl (C=O) groups is 4. The van der Waals surface area contributed by atoms with Crippen molar-refractivity contribution in [2.24, 2.45) is 0 Å². The van der Waals surface area contributed by atoms with Gasteiger partial charge in [-0.1, -0.05) is 12.1 Å². The van der Waals surface area contributed by atoms with Crippen LogP contribution in [0.4, 0.5) is 10.5 Å². The molecular formula is C19H23N3O6S. The molecule has 0 unspecified atom stereocenters. The first-order chi connectivity index (χ1) is 14.0. The molecule has 0 radical (unpaired) electrons. The van der Waals surface area contributed by atoms with Gasteiger partial charge in [0.15, 0.2) is 6.61 Å². The van der Waals surface area contributed by atoms with Crippen LogP contribution in [0.1, 0.15) is 13.3 Å². The number of piperazine rings is 1. The smallest absolute Gasteiger partial charge is 0.409 e. The number of carbonyl (C=O) groups excluding carboxylic acids is 4. The van der Waals surface area contributed by atoms with Crippen molar-refractivity contribution in [3.8, 4) is 0 Å². The molecule has 2 aliphatic heterocycles. The van der Waals surface area contributed by atoms with Gasteiger partial charge in [0.2, 0.25) is 5.91 Å². The topological polar surface area (TPSA) is 105 Å². The van der Waals surface area contributed by atoms with Crippen LogP contribution in [0.15, 0.2) is 29.2 Å². The summed E-state index contributed by atoms with van der Waals surface area (Å²) in [4.78, 5) is 52.2. The Morgan fingerprint density at radius 2 is 1.79 bits per heavy atom. The number of rotatable bonds is 5. The number of anilines is 1. The fourth-order valence-electron chi connectivity index (χ4n) is 3.02. The zero-order valence-electron chi connectivity index (χ0n) is 16.1. The second-order valence-corrected chi connectivity index (χ2v) is 7.77. The molecule has 1 N–H and O–H groups in total. The maximum absolute atomic E-state index is 12.3. The maximum atomic E-state index is 12.3. The molecule has 1 saturated heterocycles. The summed E-state index contributed by atoms with van der Waals surface area (Å²) < 4.78 is 10.0. The summed E-state index contributed by atoms with van der Waals surface area (Å²) in [5, 5.41) is 2.17. The second kappa shape index (κ2) is 9.64. The van der Waals surface area contributed by atoms with Crippen LogP contribution in [0.5, 0.6) is 0 Å². The van der Waals surface area contributed by atoms with Gasteiger partial charge in [0.1, 0.15) is 0 Å². The molecular weight excluding hydrogens is 398 g/mol. The Kier molecular flexibility index (Phi) is 6.97. The quantitative estimate of drug-likeness (QED) is 0.715. The molecule has 0 bridgehead atoms. The molecule has 0 aromatic heterocycles. The van der Waals surface area contributed by atoms with E-state index in [1.165, 1.54) is 16.7 Å². The summed E-state index contributed by atoms with van der Waals surface area (Å²) in [6, 6.07) is 7.36. The van der Waals surface area contributed by atoms with Crippen molar-refractivity contribution in [3.63, 3.8) is 0 Å². The Hall–Kier alpha value is -2.75. The Labute approximate surface area is 172 Å². The maximum Gasteiger partial charge on any atom is 0.409 e.